The molecule has 0 saturated heterocycles. The summed E-state index contributed by atoms with van der Waals surface area (Å²) in [5.41, 5.74) is 0. The minimum absolute atomic E-state index is 0.168. The van der Waals surface area contributed by atoms with Crippen LogP contribution >= 0.6 is 0 Å². The summed E-state index contributed by atoms with van der Waals surface area (Å²) < 4.78 is 29.0. The fourth-order valence-electron chi connectivity index (χ4n) is 2.10. The van der Waals surface area contributed by atoms with Crippen LogP contribution in [0.1, 0.15) is 26.2 Å². The number of amides is 1. The second-order valence-electron chi connectivity index (χ2n) is 6.47. The monoisotopic (exact) mass is 416 g/mol. The number of nitrogens with one attached hydrogen (secondary N) is 1. The van der Waals surface area contributed by atoms with E-state index in [0.29, 0.717) is 32.7 Å². The van der Waals surface area contributed by atoms with Gasteiger partial charge in [0.25, 0.3) is 0 Å². The first kappa shape index (κ1) is 26.4. The highest BCUT2D eigenvalue weighted by molar-refractivity contribution is 7.88. The zero-order valence-electron chi connectivity index (χ0n) is 17.6. The predicted octanol–water partition coefficient (Wildman–Crippen LogP) is 1.27. The number of carbonyl (C=O) groups excluding carboxylic acids is 1. The van der Waals surface area contributed by atoms with Gasteiger partial charge < -0.3 is 15.0 Å². The molecule has 0 saturated carbocycles. The van der Waals surface area contributed by atoms with Gasteiger partial charge in [0.15, 0.2) is 0 Å². The molecule has 8 nitrogen and oxygen atoms in total. The first-order valence-corrected chi connectivity index (χ1v) is 11.4. The standard InChI is InChI=1S/C19H36N4O4S/c1-5-6-7-14-22(2)15-8-11-21-19(24)10-12-20-13-18-27-17-9-16-23(3)28(4,25)26/h5-6,10,12-13H,7-9,11,14-18H2,1-4H3,(H,21,24)/b6-5-,12-10+,20-13?. The number of aliphatic imine (C=N–C) groups is 1. The third kappa shape index (κ3) is 16.6. The molecule has 0 aliphatic carbocycles. The van der Waals surface area contributed by atoms with Crippen LogP contribution in [0.3, 0.4) is 0 Å². The lowest BCUT2D eigenvalue weighted by Crippen LogP contribution is -2.27. The number of rotatable bonds is 16. The van der Waals surface area contributed by atoms with Crippen molar-refractivity contribution in [3.05, 3.63) is 24.4 Å². The fraction of sp³-hybridized carbons (Fsp3) is 0.684. The molecule has 162 valence electrons. The van der Waals surface area contributed by atoms with Gasteiger partial charge in [-0.2, -0.15) is 0 Å². The summed E-state index contributed by atoms with van der Waals surface area (Å²) in [5.74, 6) is -0.168. The van der Waals surface area contributed by atoms with E-state index in [4.69, 9.17) is 4.74 Å². The van der Waals surface area contributed by atoms with E-state index < -0.39 is 10.0 Å². The predicted molar refractivity (Wildman–Crippen MR) is 115 cm³/mol. The van der Waals surface area contributed by atoms with Crippen LogP contribution in [-0.2, 0) is 19.6 Å². The van der Waals surface area contributed by atoms with Gasteiger partial charge in [0, 0.05) is 51.8 Å². The van der Waals surface area contributed by atoms with Gasteiger partial charge in [-0.15, -0.1) is 0 Å². The van der Waals surface area contributed by atoms with Crippen LogP contribution in [-0.4, -0.2) is 89.5 Å². The SMILES string of the molecule is C/C=C\CCN(C)CCCNC(=O)/C=C/N=CCOCCCN(C)S(C)(=O)=O. The summed E-state index contributed by atoms with van der Waals surface area (Å²) in [6, 6.07) is 0. The molecule has 9 heteroatoms. The van der Waals surface area contributed by atoms with E-state index >= 15 is 0 Å². The molecule has 0 spiro atoms. The lowest BCUT2D eigenvalue weighted by atomic mass is 10.3. The zero-order valence-corrected chi connectivity index (χ0v) is 18.5. The van der Waals surface area contributed by atoms with Crippen LogP contribution in [0, 0.1) is 0 Å². The number of ether oxygens (including phenoxy) is 1. The maximum atomic E-state index is 11.6. The lowest BCUT2D eigenvalue weighted by molar-refractivity contribution is -0.116. The normalized spacial score (nSPS) is 12.9. The zero-order chi connectivity index (χ0) is 21.3. The Hall–Kier alpha value is -1.55. The van der Waals surface area contributed by atoms with Crippen molar-refractivity contribution in [2.75, 3.05) is 59.7 Å². The Balaban J connectivity index is 3.66. The summed E-state index contributed by atoms with van der Waals surface area (Å²) in [5, 5.41) is 2.82. The first-order chi connectivity index (χ1) is 13.3. The largest absolute Gasteiger partial charge is 0.376 e. The highest BCUT2D eigenvalue weighted by atomic mass is 32.2. The van der Waals surface area contributed by atoms with Gasteiger partial charge in [-0.25, -0.2) is 12.7 Å². The van der Waals surface area contributed by atoms with E-state index in [1.807, 2.05) is 6.92 Å². The molecule has 0 aliphatic heterocycles. The van der Waals surface area contributed by atoms with E-state index in [1.54, 1.807) is 6.21 Å². The number of sulfonamides is 1. The van der Waals surface area contributed by atoms with Crippen molar-refractivity contribution < 1.29 is 17.9 Å². The Morgan fingerprint density at radius 3 is 2.61 bits per heavy atom. The highest BCUT2D eigenvalue weighted by Crippen LogP contribution is 1.95. The number of hydrogen-bond donors (Lipinski definition) is 1. The molecule has 0 aliphatic rings. The van der Waals surface area contributed by atoms with Crippen LogP contribution in [0.5, 0.6) is 0 Å². The second-order valence-corrected chi connectivity index (χ2v) is 8.56. The van der Waals surface area contributed by atoms with Gasteiger partial charge in [-0.05, 0) is 39.8 Å². The van der Waals surface area contributed by atoms with E-state index in [9.17, 15) is 13.2 Å². The molecule has 0 radical (unpaired) electrons. The van der Waals surface area contributed by atoms with E-state index in [1.165, 1.54) is 29.9 Å². The van der Waals surface area contributed by atoms with Crippen molar-refractivity contribution in [3.8, 4) is 0 Å². The molecular formula is C19H36N4O4S. The highest BCUT2D eigenvalue weighted by Gasteiger charge is 2.09. The van der Waals surface area contributed by atoms with Gasteiger partial charge in [-0.3, -0.25) is 9.79 Å². The van der Waals surface area contributed by atoms with Gasteiger partial charge in [0.1, 0.15) is 0 Å². The van der Waals surface area contributed by atoms with E-state index in [2.05, 4.69) is 34.4 Å². The molecular weight excluding hydrogens is 380 g/mol. The van der Waals surface area contributed by atoms with Crippen LogP contribution in [0.4, 0.5) is 0 Å². The summed E-state index contributed by atoms with van der Waals surface area (Å²) in [7, 11) is 0.479. The fourth-order valence-corrected chi connectivity index (χ4v) is 2.56. The van der Waals surface area contributed by atoms with Gasteiger partial charge in [0.05, 0.1) is 12.9 Å². The summed E-state index contributed by atoms with van der Waals surface area (Å²) in [4.78, 5) is 17.8. The average Bonchev–Trinajstić information content (AvgIpc) is 2.63. The molecule has 1 amide bonds. The molecule has 0 bridgehead atoms. The topological polar surface area (TPSA) is 91.3 Å². The van der Waals surface area contributed by atoms with Gasteiger partial charge in [0.2, 0.25) is 15.9 Å². The van der Waals surface area contributed by atoms with Crippen molar-refractivity contribution in [2.45, 2.75) is 26.2 Å². The van der Waals surface area contributed by atoms with Crippen molar-refractivity contribution in [1.29, 1.82) is 0 Å². The Kier molecular flexibility index (Phi) is 15.5. The van der Waals surface area contributed by atoms with Crippen molar-refractivity contribution in [2.24, 2.45) is 4.99 Å². The van der Waals surface area contributed by atoms with Gasteiger partial charge >= 0.3 is 0 Å². The molecule has 0 unspecified atom stereocenters. The Labute approximate surface area is 170 Å². The number of carbonyl (C=O) groups is 1. The first-order valence-electron chi connectivity index (χ1n) is 9.52. The minimum atomic E-state index is -3.13. The maximum Gasteiger partial charge on any atom is 0.245 e. The Morgan fingerprint density at radius 1 is 1.18 bits per heavy atom. The smallest absolute Gasteiger partial charge is 0.245 e. The third-order valence-corrected chi connectivity index (χ3v) is 5.18. The minimum Gasteiger partial charge on any atom is -0.376 e. The summed E-state index contributed by atoms with van der Waals surface area (Å²) >= 11 is 0. The van der Waals surface area contributed by atoms with Crippen LogP contribution in [0.15, 0.2) is 29.4 Å². The molecule has 0 aromatic carbocycles. The van der Waals surface area contributed by atoms with Crippen molar-refractivity contribution >= 4 is 22.1 Å². The molecule has 0 aromatic heterocycles. The van der Waals surface area contributed by atoms with Crippen LogP contribution in [0.25, 0.3) is 0 Å². The quantitative estimate of drug-likeness (QED) is 0.177. The number of hydrogen-bond acceptors (Lipinski definition) is 6. The van der Waals surface area contributed by atoms with E-state index in [-0.39, 0.29) is 5.91 Å². The summed E-state index contributed by atoms with van der Waals surface area (Å²) in [6.45, 7) is 5.78. The molecule has 28 heavy (non-hydrogen) atoms. The van der Waals surface area contributed by atoms with Crippen LogP contribution < -0.4 is 5.32 Å². The van der Waals surface area contributed by atoms with Crippen molar-refractivity contribution in [1.82, 2.24) is 14.5 Å². The summed E-state index contributed by atoms with van der Waals surface area (Å²) in [6.07, 6.45) is 12.3. The Morgan fingerprint density at radius 2 is 1.93 bits per heavy atom. The lowest BCUT2D eigenvalue weighted by Gasteiger charge is -2.15. The van der Waals surface area contributed by atoms with Crippen LogP contribution in [0.2, 0.25) is 0 Å². The molecule has 0 aromatic rings. The number of allylic oxidation sites excluding steroid dienone is 1. The maximum absolute atomic E-state index is 11.6. The second kappa shape index (κ2) is 16.4. The van der Waals surface area contributed by atoms with E-state index in [0.717, 1.165) is 25.9 Å². The molecule has 1 N–H and O–H groups in total. The number of nitrogens with zero attached hydrogens (tertiary/aromatic N) is 3. The molecule has 0 heterocycles. The third-order valence-electron chi connectivity index (χ3n) is 3.87. The molecule has 0 rings (SSSR count). The Bertz CT molecular complexity index is 603. The van der Waals surface area contributed by atoms with Gasteiger partial charge in [-0.1, -0.05) is 12.2 Å². The average molecular weight is 417 g/mol. The molecule has 0 fully saturated rings. The molecule has 0 atom stereocenters. The van der Waals surface area contributed by atoms with Crippen molar-refractivity contribution in [3.63, 3.8) is 0 Å².